The van der Waals surface area contributed by atoms with Gasteiger partial charge in [0.15, 0.2) is 0 Å². The Bertz CT molecular complexity index is 819. The number of nitrogens with zero attached hydrogens (tertiary/aromatic N) is 2. The molecule has 0 spiro atoms. The van der Waals surface area contributed by atoms with Gasteiger partial charge in [-0.05, 0) is 43.9 Å². The predicted octanol–water partition coefficient (Wildman–Crippen LogP) is 5.27. The van der Waals surface area contributed by atoms with Gasteiger partial charge in [0.05, 0.1) is 11.2 Å². The fourth-order valence-corrected chi connectivity index (χ4v) is 6.43. The number of rotatable bonds is 6. The maximum atomic E-state index is 11.4. The van der Waals surface area contributed by atoms with Crippen molar-refractivity contribution in [2.24, 2.45) is 0 Å². The lowest BCUT2D eigenvalue weighted by atomic mass is 9.86. The van der Waals surface area contributed by atoms with E-state index in [0.29, 0.717) is 11.3 Å². The number of thioether (sulfide) groups is 2. The summed E-state index contributed by atoms with van der Waals surface area (Å²) in [4.78, 5) is 4.56. The van der Waals surface area contributed by atoms with E-state index in [9.17, 15) is 10.4 Å². The molecule has 0 bridgehead atoms. The van der Waals surface area contributed by atoms with Crippen LogP contribution >= 0.6 is 23.5 Å². The molecule has 0 amide bonds. The molecule has 1 N–H and O–H groups in total. The van der Waals surface area contributed by atoms with Crippen molar-refractivity contribution in [3.63, 3.8) is 0 Å². The van der Waals surface area contributed by atoms with Crippen LogP contribution < -0.4 is 0 Å². The molecule has 1 fully saturated rings. The van der Waals surface area contributed by atoms with Crippen molar-refractivity contribution in [3.8, 4) is 6.07 Å². The quantitative estimate of drug-likeness (QED) is 0.672. The van der Waals surface area contributed by atoms with Gasteiger partial charge in [0.1, 0.15) is 11.1 Å². The first-order valence-corrected chi connectivity index (χ1v) is 11.4. The fraction of sp³-hybridized carbons (Fsp3) is 0.455. The Balaban J connectivity index is 1.70. The van der Waals surface area contributed by atoms with E-state index < -0.39 is 5.60 Å². The van der Waals surface area contributed by atoms with E-state index in [4.69, 9.17) is 0 Å². The highest BCUT2D eigenvalue weighted by molar-refractivity contribution is 8.00. The summed E-state index contributed by atoms with van der Waals surface area (Å²) in [6.07, 6.45) is 4.09. The number of hydrogen-bond acceptors (Lipinski definition) is 5. The topological polar surface area (TPSA) is 56.9 Å². The Morgan fingerprint density at radius 2 is 2.04 bits per heavy atom. The van der Waals surface area contributed by atoms with Gasteiger partial charge in [-0.3, -0.25) is 0 Å². The van der Waals surface area contributed by atoms with E-state index in [-0.39, 0.29) is 5.25 Å². The first-order chi connectivity index (χ1) is 13.0. The Labute approximate surface area is 170 Å². The van der Waals surface area contributed by atoms with E-state index in [0.717, 1.165) is 41.3 Å². The van der Waals surface area contributed by atoms with Crippen molar-refractivity contribution in [3.05, 3.63) is 58.8 Å². The Hall–Kier alpha value is -1.48. The van der Waals surface area contributed by atoms with E-state index >= 15 is 0 Å². The number of aliphatic hydroxyl groups is 1. The van der Waals surface area contributed by atoms with Gasteiger partial charge in [-0.2, -0.15) is 17.0 Å². The molecule has 142 valence electrons. The summed E-state index contributed by atoms with van der Waals surface area (Å²) in [7, 11) is 0. The van der Waals surface area contributed by atoms with Gasteiger partial charge >= 0.3 is 0 Å². The smallest absolute Gasteiger partial charge is 0.114 e. The summed E-state index contributed by atoms with van der Waals surface area (Å²) in [6.45, 7) is 3.90. The summed E-state index contributed by atoms with van der Waals surface area (Å²) in [5, 5.41) is 21.9. The second-order valence-corrected chi connectivity index (χ2v) is 9.45. The number of hydrogen-bond donors (Lipinski definition) is 1. The van der Waals surface area contributed by atoms with E-state index in [1.54, 1.807) is 0 Å². The molecule has 1 heterocycles. The molecule has 27 heavy (non-hydrogen) atoms. The second-order valence-electron chi connectivity index (χ2n) is 7.30. The third kappa shape index (κ3) is 5.07. The van der Waals surface area contributed by atoms with Crippen LogP contribution in [0.4, 0.5) is 0 Å². The average Bonchev–Trinajstić information content (AvgIpc) is 2.66. The van der Waals surface area contributed by atoms with Gasteiger partial charge in [0.2, 0.25) is 0 Å². The number of nitriles is 1. The lowest BCUT2D eigenvalue weighted by Crippen LogP contribution is -2.45. The zero-order chi connectivity index (χ0) is 19.3. The van der Waals surface area contributed by atoms with Crippen LogP contribution in [0.3, 0.4) is 0 Å². The highest BCUT2D eigenvalue weighted by atomic mass is 32.2. The molecular weight excluding hydrogens is 372 g/mol. The summed E-state index contributed by atoms with van der Waals surface area (Å²) in [6, 6.07) is 14.7. The normalized spacial score (nSPS) is 22.4. The molecule has 5 heteroatoms. The van der Waals surface area contributed by atoms with E-state index in [2.05, 4.69) is 35.3 Å². The molecule has 2 aromatic rings. The summed E-state index contributed by atoms with van der Waals surface area (Å²) >= 11 is 3.39. The Morgan fingerprint density at radius 3 is 2.78 bits per heavy atom. The summed E-state index contributed by atoms with van der Waals surface area (Å²) in [5.41, 5.74) is 3.09. The molecule has 0 saturated heterocycles. The van der Waals surface area contributed by atoms with Crippen LogP contribution in [0, 0.1) is 25.2 Å². The predicted molar refractivity (Wildman–Crippen MR) is 114 cm³/mol. The molecule has 0 unspecified atom stereocenters. The van der Waals surface area contributed by atoms with Crippen LogP contribution in [0.25, 0.3) is 0 Å². The first-order valence-electron chi connectivity index (χ1n) is 9.41. The second kappa shape index (κ2) is 9.14. The lowest BCUT2D eigenvalue weighted by Gasteiger charge is -2.39. The maximum Gasteiger partial charge on any atom is 0.114 e. The minimum Gasteiger partial charge on any atom is -0.388 e. The minimum atomic E-state index is -0.714. The molecule has 1 aromatic carbocycles. The van der Waals surface area contributed by atoms with Gasteiger partial charge in [-0.1, -0.05) is 43.2 Å². The van der Waals surface area contributed by atoms with Crippen LogP contribution in [-0.2, 0) is 5.75 Å². The largest absolute Gasteiger partial charge is 0.388 e. The number of benzene rings is 1. The van der Waals surface area contributed by atoms with Crippen molar-refractivity contribution in [1.82, 2.24) is 4.98 Å². The Kier molecular flexibility index (Phi) is 6.86. The molecule has 3 nitrogen and oxygen atoms in total. The van der Waals surface area contributed by atoms with Crippen LogP contribution in [0.1, 0.15) is 48.1 Å². The van der Waals surface area contributed by atoms with Gasteiger partial charge in [-0.15, -0.1) is 11.8 Å². The standard InChI is InChI=1S/C22H26N2OS2/c1-16-12-17(2)24-21(19(16)13-23)27-15-22(25)11-7-6-10-20(22)26-14-18-8-4-3-5-9-18/h3-5,8-9,12,20,25H,6-7,10-11,14-15H2,1-2H3/t20-,22-/m1/s1. The zero-order valence-electron chi connectivity index (χ0n) is 15.9. The van der Waals surface area contributed by atoms with Gasteiger partial charge in [0, 0.05) is 22.4 Å². The molecule has 3 rings (SSSR count). The monoisotopic (exact) mass is 398 g/mol. The lowest BCUT2D eigenvalue weighted by molar-refractivity contribution is 0.0339. The zero-order valence-corrected chi connectivity index (χ0v) is 17.6. The fourth-order valence-electron chi connectivity index (χ4n) is 3.60. The van der Waals surface area contributed by atoms with Crippen molar-refractivity contribution >= 4 is 23.5 Å². The number of aromatic nitrogens is 1. The van der Waals surface area contributed by atoms with Gasteiger partial charge < -0.3 is 5.11 Å². The van der Waals surface area contributed by atoms with E-state index in [1.165, 1.54) is 23.7 Å². The van der Waals surface area contributed by atoms with Gasteiger partial charge in [0.25, 0.3) is 0 Å². The van der Waals surface area contributed by atoms with Crippen molar-refractivity contribution in [2.45, 2.75) is 61.2 Å². The molecular formula is C22H26N2OS2. The van der Waals surface area contributed by atoms with Crippen molar-refractivity contribution in [1.29, 1.82) is 5.26 Å². The van der Waals surface area contributed by atoms with Crippen LogP contribution in [-0.4, -0.2) is 26.7 Å². The van der Waals surface area contributed by atoms with E-state index in [1.807, 2.05) is 37.7 Å². The van der Waals surface area contributed by atoms with Crippen LogP contribution in [0.5, 0.6) is 0 Å². The number of pyridine rings is 1. The number of aryl methyl sites for hydroxylation is 2. The third-order valence-electron chi connectivity index (χ3n) is 5.10. The Morgan fingerprint density at radius 1 is 1.26 bits per heavy atom. The molecule has 2 atom stereocenters. The highest BCUT2D eigenvalue weighted by Gasteiger charge is 2.39. The molecule has 1 aliphatic rings. The minimum absolute atomic E-state index is 0.218. The summed E-state index contributed by atoms with van der Waals surface area (Å²) in [5.74, 6) is 1.51. The molecule has 1 aliphatic carbocycles. The maximum absolute atomic E-state index is 11.4. The molecule has 1 saturated carbocycles. The average molecular weight is 399 g/mol. The van der Waals surface area contributed by atoms with Crippen LogP contribution in [0.15, 0.2) is 41.4 Å². The van der Waals surface area contributed by atoms with Crippen LogP contribution in [0.2, 0.25) is 0 Å². The first kappa shape index (κ1) is 20.3. The van der Waals surface area contributed by atoms with Gasteiger partial charge in [-0.25, -0.2) is 4.98 Å². The SMILES string of the molecule is Cc1cc(C)c(C#N)c(SC[C@]2(O)CCCC[C@H]2SCc2ccccc2)n1. The van der Waals surface area contributed by atoms with Crippen molar-refractivity contribution in [2.75, 3.05) is 5.75 Å². The molecule has 0 radical (unpaired) electrons. The third-order valence-corrected chi connectivity index (χ3v) is 7.89. The molecule has 1 aromatic heterocycles. The highest BCUT2D eigenvalue weighted by Crippen LogP contribution is 2.41. The summed E-state index contributed by atoms with van der Waals surface area (Å²) < 4.78 is 0. The molecule has 0 aliphatic heterocycles. The van der Waals surface area contributed by atoms with Crippen molar-refractivity contribution < 1.29 is 5.11 Å².